The summed E-state index contributed by atoms with van der Waals surface area (Å²) in [5.41, 5.74) is 3.11. The molecule has 0 radical (unpaired) electrons. The molecule has 3 rings (SSSR count). The van der Waals surface area contributed by atoms with Crippen LogP contribution in [-0.4, -0.2) is 18.3 Å². The molecule has 0 aromatic heterocycles. The number of carbonyl (C=O) groups excluding carboxylic acids is 2. The Hall–Kier alpha value is -1.88. The quantitative estimate of drug-likeness (QED) is 0.670. The van der Waals surface area contributed by atoms with Gasteiger partial charge in [0.15, 0.2) is 5.78 Å². The number of carbonyl (C=O) groups is 2. The van der Waals surface area contributed by atoms with Gasteiger partial charge in [0.25, 0.3) is 0 Å². The standard InChI is InChI=1S/C17H13NO3.Na/c19-14(20)10-18-16-12-8-4-5-9-13(12)17(21)15(16)11-6-2-1-3-7-11;/h1-9,18H,10H2,(H,19,20);/q;+1/p-1. The summed E-state index contributed by atoms with van der Waals surface area (Å²) in [6, 6.07) is 16.4. The van der Waals surface area contributed by atoms with E-state index in [-0.39, 0.29) is 41.9 Å². The second-order valence-electron chi connectivity index (χ2n) is 4.72. The predicted octanol–water partition coefficient (Wildman–Crippen LogP) is -1.91. The second-order valence-corrected chi connectivity index (χ2v) is 4.72. The van der Waals surface area contributed by atoms with E-state index >= 15 is 0 Å². The number of hydrogen-bond donors (Lipinski definition) is 1. The SMILES string of the molecule is O=C([O-])CNC1=C(c2ccccc2)C(=O)c2ccccc21.[Na+]. The first-order valence-electron chi connectivity index (χ1n) is 6.56. The van der Waals surface area contributed by atoms with Gasteiger partial charge in [-0.3, -0.25) is 4.79 Å². The van der Waals surface area contributed by atoms with Crippen molar-refractivity contribution in [3.05, 3.63) is 71.3 Å². The van der Waals surface area contributed by atoms with Crippen LogP contribution in [0.4, 0.5) is 0 Å². The average molecular weight is 301 g/mol. The summed E-state index contributed by atoms with van der Waals surface area (Å²) in [6.45, 7) is -0.340. The molecule has 0 aliphatic heterocycles. The molecule has 0 amide bonds. The fraction of sp³-hybridized carbons (Fsp3) is 0.0588. The van der Waals surface area contributed by atoms with Gasteiger partial charge in [0.1, 0.15) is 0 Å². The molecule has 5 heteroatoms. The number of hydrogen-bond acceptors (Lipinski definition) is 4. The van der Waals surface area contributed by atoms with Crippen molar-refractivity contribution >= 4 is 23.0 Å². The first-order valence-corrected chi connectivity index (χ1v) is 6.56. The van der Waals surface area contributed by atoms with Gasteiger partial charge in [-0.25, -0.2) is 0 Å². The van der Waals surface area contributed by atoms with Crippen LogP contribution < -0.4 is 40.0 Å². The van der Waals surface area contributed by atoms with Gasteiger partial charge in [0.2, 0.25) is 0 Å². The van der Waals surface area contributed by atoms with Crippen LogP contribution in [0.15, 0.2) is 54.6 Å². The van der Waals surface area contributed by atoms with Crippen LogP contribution in [0, 0.1) is 0 Å². The summed E-state index contributed by atoms with van der Waals surface area (Å²) in [7, 11) is 0. The minimum Gasteiger partial charge on any atom is -0.548 e. The van der Waals surface area contributed by atoms with Gasteiger partial charge < -0.3 is 15.2 Å². The minimum atomic E-state index is -1.22. The van der Waals surface area contributed by atoms with Gasteiger partial charge >= 0.3 is 29.6 Å². The molecular formula is C17H12NNaO3. The molecule has 0 bridgehead atoms. The van der Waals surface area contributed by atoms with Crippen molar-refractivity contribution in [3.63, 3.8) is 0 Å². The van der Waals surface area contributed by atoms with Crippen molar-refractivity contribution in [2.45, 2.75) is 0 Å². The summed E-state index contributed by atoms with van der Waals surface area (Å²) >= 11 is 0. The van der Waals surface area contributed by atoms with E-state index in [2.05, 4.69) is 5.32 Å². The topological polar surface area (TPSA) is 69.2 Å². The van der Waals surface area contributed by atoms with E-state index in [1.54, 1.807) is 18.2 Å². The maximum Gasteiger partial charge on any atom is 1.00 e. The van der Waals surface area contributed by atoms with Gasteiger partial charge in [-0.2, -0.15) is 0 Å². The van der Waals surface area contributed by atoms with Crippen LogP contribution in [0.25, 0.3) is 11.3 Å². The van der Waals surface area contributed by atoms with E-state index in [1.807, 2.05) is 36.4 Å². The number of allylic oxidation sites excluding steroid dienone is 1. The number of carboxylic acid groups (broad SMARTS) is 1. The van der Waals surface area contributed by atoms with Crippen molar-refractivity contribution in [1.29, 1.82) is 0 Å². The summed E-state index contributed by atoms with van der Waals surface area (Å²) in [6.07, 6.45) is 0. The Labute approximate surface area is 150 Å². The molecule has 0 unspecified atom stereocenters. The van der Waals surface area contributed by atoms with Gasteiger partial charge in [-0.15, -0.1) is 0 Å². The van der Waals surface area contributed by atoms with Crippen molar-refractivity contribution in [2.75, 3.05) is 6.54 Å². The van der Waals surface area contributed by atoms with E-state index in [0.717, 1.165) is 11.1 Å². The van der Waals surface area contributed by atoms with Crippen molar-refractivity contribution in [3.8, 4) is 0 Å². The fourth-order valence-electron chi connectivity index (χ4n) is 2.51. The van der Waals surface area contributed by atoms with Gasteiger partial charge in [0.05, 0.1) is 23.8 Å². The molecule has 2 aromatic rings. The molecule has 0 heterocycles. The zero-order valence-electron chi connectivity index (χ0n) is 12.1. The van der Waals surface area contributed by atoms with Gasteiger partial charge in [0, 0.05) is 11.1 Å². The van der Waals surface area contributed by atoms with Gasteiger partial charge in [-0.05, 0) is 5.56 Å². The van der Waals surface area contributed by atoms with E-state index in [4.69, 9.17) is 0 Å². The summed E-state index contributed by atoms with van der Waals surface area (Å²) < 4.78 is 0. The second kappa shape index (κ2) is 6.92. The Morgan fingerprint density at radius 1 is 0.955 bits per heavy atom. The molecule has 0 saturated heterocycles. The number of nitrogens with one attached hydrogen (secondary N) is 1. The Bertz CT molecular complexity index is 754. The Kier molecular flexibility index (Phi) is 5.19. The molecule has 0 spiro atoms. The number of aliphatic carboxylic acids is 1. The molecule has 0 fully saturated rings. The van der Waals surface area contributed by atoms with E-state index in [0.29, 0.717) is 16.8 Å². The number of fused-ring (bicyclic) bond motifs is 1. The Morgan fingerprint density at radius 2 is 1.55 bits per heavy atom. The average Bonchev–Trinajstić information content (AvgIpc) is 2.79. The van der Waals surface area contributed by atoms with E-state index < -0.39 is 5.97 Å². The zero-order valence-corrected chi connectivity index (χ0v) is 14.1. The molecule has 22 heavy (non-hydrogen) atoms. The molecule has 4 nitrogen and oxygen atoms in total. The number of rotatable bonds is 4. The third kappa shape index (κ3) is 2.99. The zero-order chi connectivity index (χ0) is 14.8. The fourth-order valence-corrected chi connectivity index (χ4v) is 2.51. The third-order valence-electron chi connectivity index (χ3n) is 3.39. The van der Waals surface area contributed by atoms with Crippen LogP contribution in [0.3, 0.4) is 0 Å². The molecule has 2 aromatic carbocycles. The van der Waals surface area contributed by atoms with E-state index in [1.165, 1.54) is 0 Å². The molecule has 1 N–H and O–H groups in total. The molecular weight excluding hydrogens is 289 g/mol. The first kappa shape index (κ1) is 16.5. The van der Waals surface area contributed by atoms with E-state index in [9.17, 15) is 14.7 Å². The van der Waals surface area contributed by atoms with Crippen LogP contribution >= 0.6 is 0 Å². The molecule has 0 saturated carbocycles. The number of Topliss-reactive ketones (excluding diaryl/α,β-unsaturated/α-hetero) is 1. The van der Waals surface area contributed by atoms with Crippen LogP contribution in [0.1, 0.15) is 21.5 Å². The Balaban J connectivity index is 0.00000176. The van der Waals surface area contributed by atoms with Gasteiger partial charge in [-0.1, -0.05) is 54.6 Å². The van der Waals surface area contributed by atoms with Crippen LogP contribution in [0.5, 0.6) is 0 Å². The van der Waals surface area contributed by atoms with Crippen LogP contribution in [0.2, 0.25) is 0 Å². The number of carboxylic acids is 1. The Morgan fingerprint density at radius 3 is 2.18 bits per heavy atom. The summed E-state index contributed by atoms with van der Waals surface area (Å²) in [5.74, 6) is -1.32. The van der Waals surface area contributed by atoms with Crippen LogP contribution in [-0.2, 0) is 4.79 Å². The molecule has 0 atom stereocenters. The predicted molar refractivity (Wildman–Crippen MR) is 77.0 cm³/mol. The summed E-state index contributed by atoms with van der Waals surface area (Å²) in [5, 5.41) is 13.5. The maximum absolute atomic E-state index is 12.6. The number of benzene rings is 2. The van der Waals surface area contributed by atoms with Crippen molar-refractivity contribution in [2.24, 2.45) is 0 Å². The first-order chi connectivity index (χ1) is 10.2. The monoisotopic (exact) mass is 301 g/mol. The molecule has 1 aliphatic rings. The third-order valence-corrected chi connectivity index (χ3v) is 3.39. The molecule has 1 aliphatic carbocycles. The minimum absolute atomic E-state index is 0. The normalized spacial score (nSPS) is 12.6. The van der Waals surface area contributed by atoms with Crippen molar-refractivity contribution < 1.29 is 44.3 Å². The number of ketones is 1. The smallest absolute Gasteiger partial charge is 0.548 e. The summed E-state index contributed by atoms with van der Waals surface area (Å²) in [4.78, 5) is 23.3. The van der Waals surface area contributed by atoms with Crippen molar-refractivity contribution in [1.82, 2.24) is 5.32 Å². The maximum atomic E-state index is 12.6. The molecule has 104 valence electrons. The largest absolute Gasteiger partial charge is 1.00 e.